The number of carbonyl (C=O) groups is 1. The first-order valence-electron chi connectivity index (χ1n) is 9.72. The van der Waals surface area contributed by atoms with Gasteiger partial charge in [-0.25, -0.2) is 9.37 Å². The minimum atomic E-state index is -0.292. The van der Waals surface area contributed by atoms with E-state index < -0.39 is 0 Å². The Morgan fingerprint density at radius 3 is 2.43 bits per heavy atom. The number of hydrogen-bond donors (Lipinski definition) is 1. The molecular formula is C25H21FN2OS. The van der Waals surface area contributed by atoms with Crippen molar-refractivity contribution in [2.45, 2.75) is 19.8 Å². The Morgan fingerprint density at radius 2 is 1.67 bits per heavy atom. The van der Waals surface area contributed by atoms with Crippen molar-refractivity contribution in [2.24, 2.45) is 0 Å². The number of rotatable bonds is 6. The van der Waals surface area contributed by atoms with E-state index in [1.165, 1.54) is 29.0 Å². The molecule has 4 rings (SSSR count). The van der Waals surface area contributed by atoms with Crippen molar-refractivity contribution < 1.29 is 9.18 Å². The molecule has 0 saturated heterocycles. The van der Waals surface area contributed by atoms with E-state index in [-0.39, 0.29) is 18.1 Å². The number of nitrogens with one attached hydrogen (secondary N) is 1. The average Bonchev–Trinajstić information content (AvgIpc) is 3.10. The van der Waals surface area contributed by atoms with Gasteiger partial charge in [0.25, 0.3) is 0 Å². The highest BCUT2D eigenvalue weighted by Crippen LogP contribution is 2.29. The third-order valence-electron chi connectivity index (χ3n) is 4.77. The van der Waals surface area contributed by atoms with Gasteiger partial charge in [-0.15, -0.1) is 11.3 Å². The van der Waals surface area contributed by atoms with Gasteiger partial charge in [-0.1, -0.05) is 48.5 Å². The Hall–Kier alpha value is -3.31. The van der Waals surface area contributed by atoms with Crippen molar-refractivity contribution >= 4 is 22.9 Å². The van der Waals surface area contributed by atoms with Crippen LogP contribution < -0.4 is 5.32 Å². The van der Waals surface area contributed by atoms with Gasteiger partial charge in [-0.05, 0) is 54.8 Å². The molecule has 0 aliphatic rings. The Labute approximate surface area is 179 Å². The first-order chi connectivity index (χ1) is 14.6. The van der Waals surface area contributed by atoms with Gasteiger partial charge in [0.05, 0.1) is 17.1 Å². The van der Waals surface area contributed by atoms with E-state index >= 15 is 0 Å². The van der Waals surface area contributed by atoms with Crippen molar-refractivity contribution in [3.05, 3.63) is 106 Å². The van der Waals surface area contributed by atoms with Crippen LogP contribution in [-0.2, 0) is 17.6 Å². The Morgan fingerprint density at radius 1 is 0.967 bits per heavy atom. The number of para-hydroxylation sites is 1. The van der Waals surface area contributed by atoms with E-state index in [1.807, 2.05) is 49.4 Å². The summed E-state index contributed by atoms with van der Waals surface area (Å²) in [5.41, 5.74) is 4.63. The standard InChI is InChI=1S/C25H21FN2OS/c1-17-27-25(19-11-13-21(26)14-12-19)23(30-17)16-24(29)28-22-10-6-5-9-20(22)15-18-7-3-2-4-8-18/h2-14H,15-16H2,1H3,(H,28,29). The third kappa shape index (κ3) is 4.81. The Kier molecular flexibility index (Phi) is 6.00. The fourth-order valence-corrected chi connectivity index (χ4v) is 4.33. The molecule has 3 aromatic carbocycles. The molecule has 0 atom stereocenters. The Balaban J connectivity index is 1.52. The summed E-state index contributed by atoms with van der Waals surface area (Å²) in [6.07, 6.45) is 0.968. The van der Waals surface area contributed by atoms with Crippen molar-refractivity contribution in [2.75, 3.05) is 5.32 Å². The summed E-state index contributed by atoms with van der Waals surface area (Å²) in [6, 6.07) is 24.2. The molecule has 0 unspecified atom stereocenters. The molecule has 5 heteroatoms. The molecule has 0 aliphatic carbocycles. The molecule has 0 bridgehead atoms. The highest BCUT2D eigenvalue weighted by atomic mass is 32.1. The molecule has 1 heterocycles. The van der Waals surface area contributed by atoms with Crippen LogP contribution in [0.25, 0.3) is 11.3 Å². The number of carbonyl (C=O) groups excluding carboxylic acids is 1. The summed E-state index contributed by atoms with van der Waals surface area (Å²) < 4.78 is 13.3. The second-order valence-electron chi connectivity index (χ2n) is 7.06. The van der Waals surface area contributed by atoms with Crippen LogP contribution in [0, 0.1) is 12.7 Å². The van der Waals surface area contributed by atoms with Gasteiger partial charge < -0.3 is 5.32 Å². The van der Waals surface area contributed by atoms with Crippen LogP contribution >= 0.6 is 11.3 Å². The largest absolute Gasteiger partial charge is 0.326 e. The molecule has 30 heavy (non-hydrogen) atoms. The first-order valence-corrected chi connectivity index (χ1v) is 10.5. The van der Waals surface area contributed by atoms with E-state index in [0.29, 0.717) is 0 Å². The lowest BCUT2D eigenvalue weighted by atomic mass is 10.0. The van der Waals surface area contributed by atoms with Gasteiger partial charge in [0.2, 0.25) is 5.91 Å². The highest BCUT2D eigenvalue weighted by Gasteiger charge is 2.16. The predicted molar refractivity (Wildman–Crippen MR) is 120 cm³/mol. The number of benzene rings is 3. The van der Waals surface area contributed by atoms with Gasteiger partial charge in [-0.3, -0.25) is 4.79 Å². The minimum Gasteiger partial charge on any atom is -0.326 e. The molecule has 0 spiro atoms. The molecule has 1 N–H and O–H groups in total. The number of halogens is 1. The highest BCUT2D eigenvalue weighted by molar-refractivity contribution is 7.12. The van der Waals surface area contributed by atoms with Crippen molar-refractivity contribution in [3.8, 4) is 11.3 Å². The summed E-state index contributed by atoms with van der Waals surface area (Å²) >= 11 is 1.49. The molecule has 0 saturated carbocycles. The number of aromatic nitrogens is 1. The lowest BCUT2D eigenvalue weighted by molar-refractivity contribution is -0.115. The van der Waals surface area contributed by atoms with Crippen LogP contribution in [0.5, 0.6) is 0 Å². The van der Waals surface area contributed by atoms with E-state index in [0.717, 1.165) is 38.8 Å². The molecule has 4 aromatic rings. The van der Waals surface area contributed by atoms with Crippen LogP contribution in [0.3, 0.4) is 0 Å². The van der Waals surface area contributed by atoms with Crippen molar-refractivity contribution in [3.63, 3.8) is 0 Å². The molecule has 0 aliphatic heterocycles. The third-order valence-corrected chi connectivity index (χ3v) is 5.74. The fraction of sp³-hybridized carbons (Fsp3) is 0.120. The van der Waals surface area contributed by atoms with Crippen LogP contribution in [0.1, 0.15) is 21.0 Å². The number of anilines is 1. The summed E-state index contributed by atoms with van der Waals surface area (Å²) in [7, 11) is 0. The van der Waals surface area contributed by atoms with Crippen LogP contribution in [0.2, 0.25) is 0 Å². The van der Waals surface area contributed by atoms with E-state index in [4.69, 9.17) is 0 Å². The molecule has 0 fully saturated rings. The number of aryl methyl sites for hydroxylation is 1. The maximum absolute atomic E-state index is 13.3. The Bertz CT molecular complexity index is 1150. The van der Waals surface area contributed by atoms with E-state index in [9.17, 15) is 9.18 Å². The van der Waals surface area contributed by atoms with E-state index in [2.05, 4.69) is 22.4 Å². The molecule has 1 amide bonds. The van der Waals surface area contributed by atoms with Crippen LogP contribution in [-0.4, -0.2) is 10.9 Å². The zero-order valence-corrected chi connectivity index (χ0v) is 17.4. The topological polar surface area (TPSA) is 42.0 Å². The second kappa shape index (κ2) is 9.01. The fourth-order valence-electron chi connectivity index (χ4n) is 3.37. The van der Waals surface area contributed by atoms with Crippen molar-refractivity contribution in [1.29, 1.82) is 0 Å². The van der Waals surface area contributed by atoms with Gasteiger partial charge in [-0.2, -0.15) is 0 Å². The molecule has 3 nitrogen and oxygen atoms in total. The first kappa shape index (κ1) is 20.0. The molecular weight excluding hydrogens is 395 g/mol. The van der Waals surface area contributed by atoms with Crippen molar-refractivity contribution in [1.82, 2.24) is 4.98 Å². The predicted octanol–water partition coefficient (Wildman–Crippen LogP) is 6.03. The minimum absolute atomic E-state index is 0.0949. The molecule has 150 valence electrons. The lowest BCUT2D eigenvalue weighted by Crippen LogP contribution is -2.15. The van der Waals surface area contributed by atoms with Gasteiger partial charge in [0.1, 0.15) is 5.82 Å². The normalized spacial score (nSPS) is 10.7. The van der Waals surface area contributed by atoms with Gasteiger partial charge in [0, 0.05) is 16.1 Å². The number of amides is 1. The zero-order valence-electron chi connectivity index (χ0n) is 16.6. The summed E-state index contributed by atoms with van der Waals surface area (Å²) in [5.74, 6) is -0.387. The molecule has 1 aromatic heterocycles. The van der Waals surface area contributed by atoms with Gasteiger partial charge >= 0.3 is 0 Å². The zero-order chi connectivity index (χ0) is 20.9. The monoisotopic (exact) mass is 416 g/mol. The maximum atomic E-state index is 13.3. The van der Waals surface area contributed by atoms with Crippen LogP contribution in [0.4, 0.5) is 10.1 Å². The smallest absolute Gasteiger partial charge is 0.229 e. The number of nitrogens with zero attached hydrogens (tertiary/aromatic N) is 1. The summed E-state index contributed by atoms with van der Waals surface area (Å²) in [5, 5.41) is 3.93. The number of thiazole rings is 1. The number of hydrogen-bond acceptors (Lipinski definition) is 3. The quantitative estimate of drug-likeness (QED) is 0.417. The van der Waals surface area contributed by atoms with Crippen LogP contribution in [0.15, 0.2) is 78.9 Å². The summed E-state index contributed by atoms with van der Waals surface area (Å²) in [4.78, 5) is 18.3. The van der Waals surface area contributed by atoms with Gasteiger partial charge in [0.15, 0.2) is 0 Å². The second-order valence-corrected chi connectivity index (χ2v) is 8.34. The maximum Gasteiger partial charge on any atom is 0.229 e. The lowest BCUT2D eigenvalue weighted by Gasteiger charge is -2.11. The molecule has 0 radical (unpaired) electrons. The average molecular weight is 417 g/mol. The summed E-state index contributed by atoms with van der Waals surface area (Å²) in [6.45, 7) is 1.91. The SMILES string of the molecule is Cc1nc(-c2ccc(F)cc2)c(CC(=O)Nc2ccccc2Cc2ccccc2)s1. The van der Waals surface area contributed by atoms with E-state index in [1.54, 1.807) is 12.1 Å².